The largest absolute Gasteiger partial charge is 0.439 e. The Bertz CT molecular complexity index is 4630. The van der Waals surface area contributed by atoms with Gasteiger partial charge in [0.2, 0.25) is 5.71 Å². The monoisotopic (exact) mass is 1040 g/mol. The molecule has 0 saturated heterocycles. The van der Waals surface area contributed by atoms with Gasteiger partial charge < -0.3 is 8.98 Å². The van der Waals surface area contributed by atoms with Crippen LogP contribution < -0.4 is 0 Å². The number of benzene rings is 10. The lowest BCUT2D eigenvalue weighted by atomic mass is 10.00. The summed E-state index contributed by atoms with van der Waals surface area (Å²) in [6.45, 7) is 0. The number of aromatic nitrogens is 8. The average Bonchev–Trinajstić information content (AvgIpc) is 4.48. The number of hydrogen-bond donors (Lipinski definition) is 0. The van der Waals surface area contributed by atoms with Crippen LogP contribution in [0.15, 0.2) is 259 Å². The SMILES string of the molecule is c1ccc(-c2nc(-c3ccccc3)nc(-c3cccc(-n4c5ccc(-c6ccc7c(c6)c6c8ccccc8sc6n7-c6cccc(-c7nc(-c8ccccc8)nc(-c8ccccc8)n7)c6)cc5c5c6ccccc6oc54)c3)n2)cc1. The second-order valence-corrected chi connectivity index (χ2v) is 20.9. The Morgan fingerprint density at radius 3 is 1.20 bits per heavy atom. The van der Waals surface area contributed by atoms with E-state index in [1.807, 2.05) is 145 Å². The minimum absolute atomic E-state index is 0.584. The summed E-state index contributed by atoms with van der Waals surface area (Å²) < 4.78 is 12.7. The lowest BCUT2D eigenvalue weighted by molar-refractivity contribution is 0.645. The molecule has 0 atom stereocenters. The van der Waals surface area contributed by atoms with E-state index in [0.717, 1.165) is 94.4 Å². The van der Waals surface area contributed by atoms with Crippen LogP contribution in [0.1, 0.15) is 0 Å². The number of hydrogen-bond acceptors (Lipinski definition) is 8. The normalized spacial score (nSPS) is 11.8. The highest BCUT2D eigenvalue weighted by Crippen LogP contribution is 2.46. The van der Waals surface area contributed by atoms with Gasteiger partial charge in [0, 0.05) is 76.4 Å². The highest BCUT2D eigenvalue weighted by molar-refractivity contribution is 7.25. The summed E-state index contributed by atoms with van der Waals surface area (Å²) in [5.74, 6) is 3.68. The number of fused-ring (bicyclic) bond motifs is 10. The molecule has 10 heteroatoms. The molecule has 6 heterocycles. The fraction of sp³-hybridized carbons (Fsp3) is 0. The van der Waals surface area contributed by atoms with Crippen molar-refractivity contribution in [3.05, 3.63) is 255 Å². The molecule has 0 saturated carbocycles. The summed E-state index contributed by atoms with van der Waals surface area (Å²) in [6, 6.07) is 88.1. The van der Waals surface area contributed by atoms with Crippen LogP contribution in [0.25, 0.3) is 155 Å². The third-order valence-electron chi connectivity index (χ3n) is 15.0. The van der Waals surface area contributed by atoms with Crippen LogP contribution in [0.2, 0.25) is 0 Å². The summed E-state index contributed by atoms with van der Waals surface area (Å²) in [4.78, 5) is 31.4. The van der Waals surface area contributed by atoms with Crippen LogP contribution in [0, 0.1) is 0 Å². The van der Waals surface area contributed by atoms with Gasteiger partial charge in [0.1, 0.15) is 10.4 Å². The number of thiophene rings is 1. The van der Waals surface area contributed by atoms with E-state index in [-0.39, 0.29) is 0 Å². The van der Waals surface area contributed by atoms with Crippen molar-refractivity contribution in [2.24, 2.45) is 0 Å². The number of nitrogens with zero attached hydrogens (tertiary/aromatic N) is 8. The minimum Gasteiger partial charge on any atom is -0.439 e. The first-order chi connectivity index (χ1) is 39.6. The highest BCUT2D eigenvalue weighted by Gasteiger charge is 2.24. The molecule has 0 aliphatic heterocycles. The van der Waals surface area contributed by atoms with Gasteiger partial charge in [-0.1, -0.05) is 194 Å². The van der Waals surface area contributed by atoms with Gasteiger partial charge in [0.05, 0.1) is 16.4 Å². The van der Waals surface area contributed by atoms with E-state index in [1.54, 1.807) is 0 Å². The zero-order valence-corrected chi connectivity index (χ0v) is 43.5. The molecule has 16 aromatic rings. The quantitative estimate of drug-likeness (QED) is 0.142. The van der Waals surface area contributed by atoms with Crippen LogP contribution in [-0.4, -0.2) is 39.0 Å². The van der Waals surface area contributed by atoms with E-state index in [0.29, 0.717) is 34.9 Å². The fourth-order valence-corrected chi connectivity index (χ4v) is 12.5. The lowest BCUT2D eigenvalue weighted by Gasteiger charge is -2.12. The Balaban J connectivity index is 0.838. The summed E-state index contributed by atoms with van der Waals surface area (Å²) in [5, 5.41) is 6.84. The maximum Gasteiger partial charge on any atom is 0.213 e. The van der Waals surface area contributed by atoms with Crippen LogP contribution in [0.5, 0.6) is 0 Å². The molecule has 0 spiro atoms. The van der Waals surface area contributed by atoms with Gasteiger partial charge in [-0.25, -0.2) is 29.9 Å². The molecule has 0 radical (unpaired) electrons. The van der Waals surface area contributed by atoms with E-state index < -0.39 is 0 Å². The van der Waals surface area contributed by atoms with Gasteiger partial charge in [-0.05, 0) is 71.8 Å². The first-order valence-electron chi connectivity index (χ1n) is 26.5. The van der Waals surface area contributed by atoms with E-state index in [9.17, 15) is 0 Å². The summed E-state index contributed by atoms with van der Waals surface area (Å²) in [7, 11) is 0. The molecule has 0 amide bonds. The van der Waals surface area contributed by atoms with E-state index >= 15 is 0 Å². The topological polar surface area (TPSA) is 100 Å². The smallest absolute Gasteiger partial charge is 0.213 e. The Morgan fingerprint density at radius 1 is 0.287 bits per heavy atom. The van der Waals surface area contributed by atoms with Crippen LogP contribution in [0.3, 0.4) is 0 Å². The third kappa shape index (κ3) is 7.60. The molecule has 0 aliphatic carbocycles. The molecule has 0 N–H and O–H groups in total. The van der Waals surface area contributed by atoms with Crippen molar-refractivity contribution >= 4 is 75.5 Å². The molecule has 16 rings (SSSR count). The number of para-hydroxylation sites is 1. The van der Waals surface area contributed by atoms with Crippen molar-refractivity contribution in [2.45, 2.75) is 0 Å². The molecular formula is C70H42N8OS. The average molecular weight is 1040 g/mol. The van der Waals surface area contributed by atoms with Crippen molar-refractivity contribution in [2.75, 3.05) is 0 Å². The molecule has 0 fully saturated rings. The second kappa shape index (κ2) is 18.5. The Kier molecular flexibility index (Phi) is 10.5. The lowest BCUT2D eigenvalue weighted by Crippen LogP contribution is -2.01. The van der Waals surface area contributed by atoms with E-state index in [1.165, 1.54) is 25.7 Å². The van der Waals surface area contributed by atoms with Crippen molar-refractivity contribution in [1.29, 1.82) is 0 Å². The third-order valence-corrected chi connectivity index (χ3v) is 16.2. The maximum atomic E-state index is 6.85. The molecule has 80 heavy (non-hydrogen) atoms. The molecular weight excluding hydrogens is 1000 g/mol. The molecule has 0 bridgehead atoms. The molecule has 0 unspecified atom stereocenters. The minimum atomic E-state index is 0.584. The fourth-order valence-electron chi connectivity index (χ4n) is 11.3. The summed E-state index contributed by atoms with van der Waals surface area (Å²) >= 11 is 1.81. The van der Waals surface area contributed by atoms with Gasteiger partial charge >= 0.3 is 0 Å². The molecule has 10 aromatic carbocycles. The molecule has 6 aromatic heterocycles. The summed E-state index contributed by atoms with van der Waals surface area (Å²) in [5.41, 5.74) is 13.4. The standard InChI is InChI=1S/C70H42N8OS/c1-5-19-43(20-6-1)63-71-64(44-21-7-2-8-22-44)74-67(73-63)49-27-17-29-51(39-49)77-57-37-35-47(41-55(57)61-53-31-13-15-33-59(53)79-69(61)77)48-36-38-58-56(42-48)62-54-32-14-16-34-60(54)80-70(62)78(58)52-30-18-28-50(40-52)68-75-65(45-23-9-3-10-24-45)72-66(76-68)46-25-11-4-12-26-46/h1-42H. The molecule has 9 nitrogen and oxygen atoms in total. The van der Waals surface area contributed by atoms with Crippen molar-refractivity contribution in [1.82, 2.24) is 39.0 Å². The number of furan rings is 1. The Morgan fingerprint density at radius 2 is 0.688 bits per heavy atom. The van der Waals surface area contributed by atoms with E-state index in [4.69, 9.17) is 34.3 Å². The molecule has 374 valence electrons. The van der Waals surface area contributed by atoms with Gasteiger partial charge in [-0.3, -0.25) is 4.57 Å². The zero-order chi connectivity index (χ0) is 52.7. The zero-order valence-electron chi connectivity index (χ0n) is 42.6. The summed E-state index contributed by atoms with van der Waals surface area (Å²) in [6.07, 6.45) is 0. The highest BCUT2D eigenvalue weighted by atomic mass is 32.1. The van der Waals surface area contributed by atoms with Crippen LogP contribution in [-0.2, 0) is 0 Å². The van der Waals surface area contributed by atoms with Gasteiger partial charge in [0.15, 0.2) is 34.9 Å². The van der Waals surface area contributed by atoms with Crippen molar-refractivity contribution < 1.29 is 4.42 Å². The maximum absolute atomic E-state index is 6.85. The van der Waals surface area contributed by atoms with Crippen LogP contribution >= 0.6 is 11.3 Å². The van der Waals surface area contributed by atoms with Crippen molar-refractivity contribution in [3.63, 3.8) is 0 Å². The predicted molar refractivity (Wildman–Crippen MR) is 325 cm³/mol. The predicted octanol–water partition coefficient (Wildman–Crippen LogP) is 17.9. The first-order valence-corrected chi connectivity index (χ1v) is 27.3. The second-order valence-electron chi connectivity index (χ2n) is 19.9. The van der Waals surface area contributed by atoms with Gasteiger partial charge in [-0.2, -0.15) is 0 Å². The van der Waals surface area contributed by atoms with Crippen molar-refractivity contribution in [3.8, 4) is 90.8 Å². The van der Waals surface area contributed by atoms with Crippen LogP contribution in [0.4, 0.5) is 0 Å². The van der Waals surface area contributed by atoms with Gasteiger partial charge in [0.25, 0.3) is 0 Å². The van der Waals surface area contributed by atoms with E-state index in [2.05, 4.69) is 130 Å². The number of rotatable bonds is 9. The Labute approximate surface area is 462 Å². The Hall–Kier alpha value is -10.7. The van der Waals surface area contributed by atoms with Gasteiger partial charge in [-0.15, -0.1) is 11.3 Å². The molecule has 0 aliphatic rings. The first kappa shape index (κ1) is 45.5.